The first-order valence-electron chi connectivity index (χ1n) is 6.67. The van der Waals surface area contributed by atoms with Crippen molar-refractivity contribution in [3.63, 3.8) is 0 Å². The molecule has 5 nitrogen and oxygen atoms in total. The number of nitrogens with two attached hydrogens (primary N) is 1. The minimum atomic E-state index is -0.277. The summed E-state index contributed by atoms with van der Waals surface area (Å²) in [5.74, 6) is 0.699. The number of benzene rings is 1. The van der Waals surface area contributed by atoms with Crippen molar-refractivity contribution in [1.29, 1.82) is 5.26 Å². The summed E-state index contributed by atoms with van der Waals surface area (Å²) < 4.78 is 1.82. The van der Waals surface area contributed by atoms with Gasteiger partial charge in [0.1, 0.15) is 6.33 Å². The molecule has 2 aromatic rings. The summed E-state index contributed by atoms with van der Waals surface area (Å²) in [4.78, 5) is 4.30. The van der Waals surface area contributed by atoms with Crippen molar-refractivity contribution in [1.82, 2.24) is 14.8 Å². The van der Waals surface area contributed by atoms with E-state index in [1.165, 1.54) is 0 Å². The summed E-state index contributed by atoms with van der Waals surface area (Å²) in [6, 6.07) is 9.81. The fraction of sp³-hybridized carbons (Fsp3) is 0.400. The Morgan fingerprint density at radius 3 is 2.65 bits per heavy atom. The van der Waals surface area contributed by atoms with Crippen LogP contribution >= 0.6 is 0 Å². The van der Waals surface area contributed by atoms with E-state index in [2.05, 4.69) is 16.2 Å². The van der Waals surface area contributed by atoms with E-state index >= 15 is 0 Å². The minimum Gasteiger partial charge on any atom is -0.399 e. The van der Waals surface area contributed by atoms with Gasteiger partial charge in [0.25, 0.3) is 0 Å². The van der Waals surface area contributed by atoms with Gasteiger partial charge in [0.15, 0.2) is 5.82 Å². The number of aromatic nitrogens is 3. The first-order chi connectivity index (χ1) is 9.50. The Balaban J connectivity index is 1.96. The van der Waals surface area contributed by atoms with Crippen LogP contribution in [0.3, 0.4) is 0 Å². The number of rotatable bonds is 5. The summed E-state index contributed by atoms with van der Waals surface area (Å²) in [6.45, 7) is 4.68. The van der Waals surface area contributed by atoms with Gasteiger partial charge in [-0.05, 0) is 51.0 Å². The van der Waals surface area contributed by atoms with Crippen LogP contribution in [0.2, 0.25) is 0 Å². The Morgan fingerprint density at radius 2 is 2.00 bits per heavy atom. The molecule has 5 heteroatoms. The quantitative estimate of drug-likeness (QED) is 0.846. The van der Waals surface area contributed by atoms with E-state index in [0.717, 1.165) is 30.6 Å². The molecule has 0 unspecified atom stereocenters. The molecular formula is C15H19N5. The van der Waals surface area contributed by atoms with Crippen LogP contribution in [0.4, 0.5) is 5.69 Å². The largest absolute Gasteiger partial charge is 0.399 e. The van der Waals surface area contributed by atoms with Gasteiger partial charge in [-0.15, -0.1) is 0 Å². The Morgan fingerprint density at radius 1 is 1.30 bits per heavy atom. The van der Waals surface area contributed by atoms with Crippen LogP contribution in [0.5, 0.6) is 0 Å². The van der Waals surface area contributed by atoms with Crippen LogP contribution in [0.25, 0.3) is 11.4 Å². The molecule has 2 rings (SSSR count). The number of nitrogens with zero attached hydrogens (tertiary/aromatic N) is 4. The maximum atomic E-state index is 8.97. The summed E-state index contributed by atoms with van der Waals surface area (Å²) in [5.41, 5.74) is 7.06. The lowest BCUT2D eigenvalue weighted by Gasteiger charge is -2.13. The van der Waals surface area contributed by atoms with Crippen LogP contribution in [-0.4, -0.2) is 14.8 Å². The SMILES string of the molecule is CC(C)(C#N)CCCn1cnc(-c2ccc(N)cc2)n1. The third-order valence-corrected chi connectivity index (χ3v) is 3.20. The molecule has 1 heterocycles. The summed E-state index contributed by atoms with van der Waals surface area (Å²) in [5, 5.41) is 13.4. The van der Waals surface area contributed by atoms with E-state index in [0.29, 0.717) is 5.82 Å². The molecular weight excluding hydrogens is 250 g/mol. The van der Waals surface area contributed by atoms with Crippen LogP contribution in [0.15, 0.2) is 30.6 Å². The zero-order valence-electron chi connectivity index (χ0n) is 11.9. The van der Waals surface area contributed by atoms with Gasteiger partial charge in [0.2, 0.25) is 0 Å². The van der Waals surface area contributed by atoms with Gasteiger partial charge >= 0.3 is 0 Å². The highest BCUT2D eigenvalue weighted by molar-refractivity contribution is 5.57. The average molecular weight is 269 g/mol. The second-order valence-electron chi connectivity index (χ2n) is 5.55. The van der Waals surface area contributed by atoms with Gasteiger partial charge in [-0.2, -0.15) is 10.4 Å². The predicted octanol–water partition coefficient (Wildman–Crippen LogP) is 2.86. The molecule has 1 aromatic heterocycles. The topological polar surface area (TPSA) is 80.5 Å². The molecule has 0 amide bonds. The molecule has 0 aliphatic carbocycles. The number of nitrogen functional groups attached to an aromatic ring is 1. The molecule has 0 aliphatic rings. The lowest BCUT2D eigenvalue weighted by Crippen LogP contribution is -2.09. The lowest BCUT2D eigenvalue weighted by atomic mass is 9.90. The monoisotopic (exact) mass is 269 g/mol. The number of aryl methyl sites for hydroxylation is 1. The average Bonchev–Trinajstić information content (AvgIpc) is 2.88. The predicted molar refractivity (Wildman–Crippen MR) is 78.5 cm³/mol. The molecule has 0 spiro atoms. The molecule has 0 fully saturated rings. The maximum Gasteiger partial charge on any atom is 0.181 e. The first-order valence-corrected chi connectivity index (χ1v) is 6.67. The third kappa shape index (κ3) is 3.58. The van der Waals surface area contributed by atoms with E-state index in [1.54, 1.807) is 6.33 Å². The normalized spacial score (nSPS) is 11.2. The Labute approximate surface area is 119 Å². The van der Waals surface area contributed by atoms with E-state index in [1.807, 2.05) is 42.8 Å². The highest BCUT2D eigenvalue weighted by Crippen LogP contribution is 2.21. The number of anilines is 1. The molecule has 1 aromatic carbocycles. The minimum absolute atomic E-state index is 0.277. The summed E-state index contributed by atoms with van der Waals surface area (Å²) >= 11 is 0. The van der Waals surface area contributed by atoms with Crippen molar-refractivity contribution in [3.8, 4) is 17.5 Å². The molecule has 0 bridgehead atoms. The second kappa shape index (κ2) is 5.74. The number of hydrogen-bond donors (Lipinski definition) is 1. The van der Waals surface area contributed by atoms with Gasteiger partial charge < -0.3 is 5.73 Å². The van der Waals surface area contributed by atoms with Gasteiger partial charge in [-0.3, -0.25) is 4.68 Å². The number of hydrogen-bond acceptors (Lipinski definition) is 4. The van der Waals surface area contributed by atoms with Crippen molar-refractivity contribution >= 4 is 5.69 Å². The van der Waals surface area contributed by atoms with E-state index in [9.17, 15) is 0 Å². The van der Waals surface area contributed by atoms with Crippen LogP contribution in [0.1, 0.15) is 26.7 Å². The maximum absolute atomic E-state index is 8.97. The standard InChI is InChI=1S/C15H19N5/c1-15(2,10-16)8-3-9-20-11-18-14(19-20)12-4-6-13(17)7-5-12/h4-7,11H,3,8-9,17H2,1-2H3. The van der Waals surface area contributed by atoms with Gasteiger partial charge in [-0.1, -0.05) is 0 Å². The number of nitriles is 1. The molecule has 0 atom stereocenters. The van der Waals surface area contributed by atoms with E-state index in [4.69, 9.17) is 11.0 Å². The molecule has 2 N–H and O–H groups in total. The highest BCUT2D eigenvalue weighted by atomic mass is 15.3. The van der Waals surface area contributed by atoms with Gasteiger partial charge in [0.05, 0.1) is 11.5 Å². The van der Waals surface area contributed by atoms with Crippen LogP contribution in [0, 0.1) is 16.7 Å². The van der Waals surface area contributed by atoms with E-state index < -0.39 is 0 Å². The smallest absolute Gasteiger partial charge is 0.181 e. The van der Waals surface area contributed by atoms with E-state index in [-0.39, 0.29) is 5.41 Å². The Bertz CT molecular complexity index is 604. The zero-order chi connectivity index (χ0) is 14.6. The Kier molecular flexibility index (Phi) is 4.04. The molecule has 0 saturated heterocycles. The zero-order valence-corrected chi connectivity index (χ0v) is 11.9. The van der Waals surface area contributed by atoms with Crippen molar-refractivity contribution < 1.29 is 0 Å². The molecule has 0 radical (unpaired) electrons. The van der Waals surface area contributed by atoms with Crippen LogP contribution in [-0.2, 0) is 6.54 Å². The van der Waals surface area contributed by atoms with Crippen LogP contribution < -0.4 is 5.73 Å². The lowest BCUT2D eigenvalue weighted by molar-refractivity contribution is 0.407. The van der Waals surface area contributed by atoms with Gasteiger partial charge in [-0.25, -0.2) is 4.98 Å². The van der Waals surface area contributed by atoms with Crippen molar-refractivity contribution in [3.05, 3.63) is 30.6 Å². The van der Waals surface area contributed by atoms with Crippen molar-refractivity contribution in [2.75, 3.05) is 5.73 Å². The third-order valence-electron chi connectivity index (χ3n) is 3.20. The molecule has 20 heavy (non-hydrogen) atoms. The molecule has 104 valence electrons. The highest BCUT2D eigenvalue weighted by Gasteiger charge is 2.15. The molecule has 0 aliphatic heterocycles. The first kappa shape index (κ1) is 14.1. The summed E-state index contributed by atoms with van der Waals surface area (Å²) in [6.07, 6.45) is 3.48. The van der Waals surface area contributed by atoms with Gasteiger partial charge in [0, 0.05) is 17.8 Å². The Hall–Kier alpha value is -2.35. The van der Waals surface area contributed by atoms with Crippen molar-refractivity contribution in [2.45, 2.75) is 33.2 Å². The summed E-state index contributed by atoms with van der Waals surface area (Å²) in [7, 11) is 0. The second-order valence-corrected chi connectivity index (χ2v) is 5.55. The fourth-order valence-corrected chi connectivity index (χ4v) is 1.91. The molecule has 0 saturated carbocycles. The van der Waals surface area contributed by atoms with Crippen molar-refractivity contribution in [2.24, 2.45) is 5.41 Å². The fourth-order valence-electron chi connectivity index (χ4n) is 1.91.